The fraction of sp³-hybridized carbons (Fsp3) is 0.0465. The Morgan fingerprint density at radius 1 is 0.390 bits per heavy atom. The summed E-state index contributed by atoms with van der Waals surface area (Å²) in [4.78, 5) is 13.4. The van der Waals surface area contributed by atoms with Crippen molar-refractivity contribution in [3.8, 4) is 44.9 Å². The summed E-state index contributed by atoms with van der Waals surface area (Å²) in [5, 5.41) is 1.16. The van der Waals surface area contributed by atoms with Gasteiger partial charge in [0.15, 0.2) is 46.5 Å². The third-order valence-corrected chi connectivity index (χ3v) is 10.2. The first-order valence-electron chi connectivity index (χ1n) is 17.4. The van der Waals surface area contributed by atoms with E-state index < -0.39 is 80.4 Å². The maximum Gasteiger partial charge on any atom is 0.200 e. The molecule has 0 aliphatic carbocycles. The van der Waals surface area contributed by atoms with Crippen LogP contribution in [0, 0.1) is 58.2 Å². The van der Waals surface area contributed by atoms with Crippen molar-refractivity contribution in [1.29, 1.82) is 0 Å². The molecule has 8 aromatic rings. The molecule has 0 atom stereocenters. The standard InChI is InChI=1S/C43H22F10N4O2/c1-58-17-5-3-16-4-14-27(59-2)28(18(16)15-17)29-21-10-12-25(56-21)30(32-34(44)38(48)42(52)39(49)35(32)45)23-8-6-19(54-23)20-7-9-24(55-20)31(26-13-11-22(29)57-26)33-36(46)40(50)43(53)41(51)37(33)47/h3-15,54,56-57H,1-2H3. The minimum atomic E-state index is -2.37. The Bertz CT molecular complexity index is 3210. The van der Waals surface area contributed by atoms with Crippen LogP contribution in [0.3, 0.4) is 0 Å². The summed E-state index contributed by atoms with van der Waals surface area (Å²) >= 11 is 0. The van der Waals surface area contributed by atoms with Crippen LogP contribution in [0.2, 0.25) is 0 Å². The number of hydrogen-bond acceptors (Lipinski definition) is 3. The number of hydrogen-bond donors (Lipinski definition) is 3. The fourth-order valence-electron chi connectivity index (χ4n) is 7.43. The summed E-state index contributed by atoms with van der Waals surface area (Å²) in [5.41, 5.74) is -3.49. The van der Waals surface area contributed by atoms with Gasteiger partial charge in [-0.1, -0.05) is 12.1 Å². The zero-order chi connectivity index (χ0) is 41.6. The molecule has 5 heterocycles. The summed E-state index contributed by atoms with van der Waals surface area (Å²) in [6, 6.07) is 16.7. The molecule has 0 fully saturated rings. The highest BCUT2D eigenvalue weighted by atomic mass is 19.2. The second kappa shape index (κ2) is 13.7. The van der Waals surface area contributed by atoms with Crippen LogP contribution >= 0.6 is 0 Å². The summed E-state index contributed by atoms with van der Waals surface area (Å²) in [5.74, 6) is -21.4. The van der Waals surface area contributed by atoms with Crippen molar-refractivity contribution in [2.24, 2.45) is 0 Å². The second-order valence-electron chi connectivity index (χ2n) is 13.3. The minimum Gasteiger partial charge on any atom is -0.497 e. The van der Waals surface area contributed by atoms with Gasteiger partial charge in [0.1, 0.15) is 11.5 Å². The van der Waals surface area contributed by atoms with E-state index in [1.807, 2.05) is 0 Å². The van der Waals surface area contributed by atoms with Gasteiger partial charge in [0.05, 0.1) is 42.3 Å². The van der Waals surface area contributed by atoms with Gasteiger partial charge in [0, 0.05) is 49.8 Å². The van der Waals surface area contributed by atoms with E-state index in [4.69, 9.17) is 9.47 Å². The SMILES string of the molecule is COc1ccc2ccc(OC)c(-c3c4ccc([nH]4)c(-c4c(F)c(F)c(F)c(F)c4F)c4nc(c5ccc([nH]5)c(-c5c(F)c(F)c(F)c(F)c5F)c5ccc3[nH]5)C=C4)c2c1. The first kappa shape index (κ1) is 37.4. The number of nitrogens with one attached hydrogen (secondary N) is 3. The number of methoxy groups -OCH3 is 2. The third-order valence-electron chi connectivity index (χ3n) is 10.2. The van der Waals surface area contributed by atoms with Gasteiger partial charge in [-0.2, -0.15) is 0 Å². The molecule has 0 spiro atoms. The molecule has 8 bridgehead atoms. The smallest absolute Gasteiger partial charge is 0.200 e. The Morgan fingerprint density at radius 2 is 0.797 bits per heavy atom. The van der Waals surface area contributed by atoms with Crippen molar-refractivity contribution in [3.63, 3.8) is 0 Å². The molecular weight excluding hydrogens is 794 g/mol. The van der Waals surface area contributed by atoms with Crippen LogP contribution in [-0.2, 0) is 0 Å². The number of rotatable bonds is 5. The molecule has 6 nitrogen and oxygen atoms in total. The van der Waals surface area contributed by atoms with Gasteiger partial charge in [0.2, 0.25) is 11.6 Å². The zero-order valence-corrected chi connectivity index (χ0v) is 30.0. The first-order chi connectivity index (χ1) is 28.3. The van der Waals surface area contributed by atoms with Gasteiger partial charge in [0.25, 0.3) is 0 Å². The quantitative estimate of drug-likeness (QED) is 0.0920. The number of benzene rings is 4. The van der Waals surface area contributed by atoms with E-state index in [0.717, 1.165) is 0 Å². The van der Waals surface area contributed by atoms with Crippen LogP contribution in [0.4, 0.5) is 43.9 Å². The lowest BCUT2D eigenvalue weighted by molar-refractivity contribution is 0.381. The van der Waals surface area contributed by atoms with Crippen LogP contribution in [-0.4, -0.2) is 34.2 Å². The second-order valence-corrected chi connectivity index (χ2v) is 13.3. The van der Waals surface area contributed by atoms with Crippen LogP contribution in [0.25, 0.3) is 89.4 Å². The maximum atomic E-state index is 15.8. The highest BCUT2D eigenvalue weighted by Gasteiger charge is 2.31. The lowest BCUT2D eigenvalue weighted by atomic mass is 9.96. The van der Waals surface area contributed by atoms with Gasteiger partial charge in [-0.25, -0.2) is 48.9 Å². The molecule has 3 N–H and O–H groups in total. The molecule has 16 heteroatoms. The number of nitrogens with zero attached hydrogens (tertiary/aromatic N) is 1. The monoisotopic (exact) mass is 816 g/mol. The first-order valence-corrected chi connectivity index (χ1v) is 17.4. The number of H-pyrrole nitrogens is 3. The molecule has 0 saturated heterocycles. The largest absolute Gasteiger partial charge is 0.497 e. The van der Waals surface area contributed by atoms with Gasteiger partial charge < -0.3 is 24.4 Å². The summed E-state index contributed by atoms with van der Waals surface area (Å²) in [6.45, 7) is 0. The molecule has 1 aliphatic rings. The number of ether oxygens (including phenoxy) is 2. The molecule has 0 amide bonds. The van der Waals surface area contributed by atoms with E-state index >= 15 is 17.6 Å². The normalized spacial score (nSPS) is 12.0. The summed E-state index contributed by atoms with van der Waals surface area (Å²) in [6.07, 6.45) is 2.56. The van der Waals surface area contributed by atoms with Gasteiger partial charge in [-0.3, -0.25) is 0 Å². The van der Waals surface area contributed by atoms with Crippen LogP contribution in [0.5, 0.6) is 11.5 Å². The van der Waals surface area contributed by atoms with Crippen molar-refractivity contribution in [2.45, 2.75) is 0 Å². The van der Waals surface area contributed by atoms with Crippen LogP contribution in [0.1, 0.15) is 11.4 Å². The highest BCUT2D eigenvalue weighted by Crippen LogP contribution is 2.44. The van der Waals surface area contributed by atoms with Crippen molar-refractivity contribution < 1.29 is 53.4 Å². The van der Waals surface area contributed by atoms with E-state index in [2.05, 4.69) is 19.9 Å². The third kappa shape index (κ3) is 5.61. The molecular formula is C43H22F10N4O2. The molecule has 0 radical (unpaired) electrons. The van der Waals surface area contributed by atoms with Crippen molar-refractivity contribution >= 4 is 56.0 Å². The lowest BCUT2D eigenvalue weighted by Gasteiger charge is -2.14. The number of aromatic nitrogens is 4. The zero-order valence-electron chi connectivity index (χ0n) is 30.0. The van der Waals surface area contributed by atoms with Gasteiger partial charge in [-0.05, 0) is 77.5 Å². The highest BCUT2D eigenvalue weighted by molar-refractivity contribution is 6.09. The Morgan fingerprint density at radius 3 is 1.31 bits per heavy atom. The van der Waals surface area contributed by atoms with E-state index in [0.29, 0.717) is 22.1 Å². The fourth-order valence-corrected chi connectivity index (χ4v) is 7.43. The molecule has 4 aromatic heterocycles. The Kier molecular flexibility index (Phi) is 8.68. The topological polar surface area (TPSA) is 78.7 Å². The van der Waals surface area contributed by atoms with E-state index in [1.165, 1.54) is 62.8 Å². The Labute approximate surface area is 324 Å². The molecule has 0 unspecified atom stereocenters. The number of halogens is 10. The number of fused-ring (bicyclic) bond motifs is 10. The van der Waals surface area contributed by atoms with Crippen molar-refractivity contribution in [1.82, 2.24) is 19.9 Å². The summed E-state index contributed by atoms with van der Waals surface area (Å²) < 4.78 is 162. The van der Waals surface area contributed by atoms with Crippen molar-refractivity contribution in [2.75, 3.05) is 14.2 Å². The van der Waals surface area contributed by atoms with Gasteiger partial charge >= 0.3 is 0 Å². The molecule has 1 aliphatic heterocycles. The van der Waals surface area contributed by atoms with E-state index in [1.54, 1.807) is 30.3 Å². The van der Waals surface area contributed by atoms with E-state index in [-0.39, 0.29) is 55.8 Å². The predicted molar refractivity (Wildman–Crippen MR) is 202 cm³/mol. The molecule has 0 saturated carbocycles. The Hall–Kier alpha value is -7.23. The average molecular weight is 817 g/mol. The van der Waals surface area contributed by atoms with Gasteiger partial charge in [-0.15, -0.1) is 0 Å². The molecule has 4 aromatic carbocycles. The predicted octanol–water partition coefficient (Wildman–Crippen LogP) is 12.3. The van der Waals surface area contributed by atoms with E-state index in [9.17, 15) is 26.3 Å². The number of aromatic amines is 3. The molecule has 9 rings (SSSR count). The average Bonchev–Trinajstić information content (AvgIpc) is 4.09. The van der Waals surface area contributed by atoms with Crippen LogP contribution < -0.4 is 9.47 Å². The van der Waals surface area contributed by atoms with Crippen LogP contribution in [0.15, 0.2) is 66.7 Å². The summed E-state index contributed by atoms with van der Waals surface area (Å²) in [7, 11) is 2.82. The Balaban J connectivity index is 1.54. The minimum absolute atomic E-state index is 0.0000927. The molecule has 59 heavy (non-hydrogen) atoms. The van der Waals surface area contributed by atoms with Crippen molar-refractivity contribution in [3.05, 3.63) is 136 Å². The lowest BCUT2D eigenvalue weighted by Crippen LogP contribution is -2.05. The molecule has 296 valence electrons. The maximum absolute atomic E-state index is 15.8.